The number of fused-ring (bicyclic) bond motifs is 1. The Morgan fingerprint density at radius 1 is 1.12 bits per heavy atom. The summed E-state index contributed by atoms with van der Waals surface area (Å²) in [5.41, 5.74) is 0. The second kappa shape index (κ2) is 7.53. The number of nitrogens with one attached hydrogen (secondary N) is 1. The third-order valence-electron chi connectivity index (χ3n) is 4.63. The largest absolute Gasteiger partial charge is 0.457 e. The number of hydrogen-bond donors (Lipinski definition) is 1. The lowest BCUT2D eigenvalue weighted by molar-refractivity contribution is 0.307. The van der Waals surface area contributed by atoms with Crippen LogP contribution in [0.2, 0.25) is 0 Å². The molecule has 0 amide bonds. The predicted molar refractivity (Wildman–Crippen MR) is 95.6 cm³/mol. The Hall–Kier alpha value is -2.60. The van der Waals surface area contributed by atoms with E-state index in [0.717, 1.165) is 55.6 Å². The monoisotopic (exact) mass is 338 g/mol. The van der Waals surface area contributed by atoms with Crippen molar-refractivity contribution >= 4 is 5.82 Å². The molecule has 2 aromatic rings. The SMILES string of the molecule is C1=C(CNCC2CCN(c3cnccn3)CC2)Oc2ccccc2O1. The normalized spacial score (nSPS) is 17.3. The molecule has 0 saturated carbocycles. The average Bonchev–Trinajstić information content (AvgIpc) is 2.69. The van der Waals surface area contributed by atoms with Crippen molar-refractivity contribution in [1.29, 1.82) is 0 Å². The molecular formula is C19H22N4O2. The van der Waals surface area contributed by atoms with Gasteiger partial charge in [0.2, 0.25) is 0 Å². The molecule has 1 N–H and O–H groups in total. The zero-order valence-electron chi connectivity index (χ0n) is 14.1. The summed E-state index contributed by atoms with van der Waals surface area (Å²) < 4.78 is 11.4. The molecule has 1 saturated heterocycles. The van der Waals surface area contributed by atoms with Crippen LogP contribution in [-0.2, 0) is 0 Å². The van der Waals surface area contributed by atoms with E-state index in [1.165, 1.54) is 0 Å². The van der Waals surface area contributed by atoms with Gasteiger partial charge in [0.05, 0.1) is 12.7 Å². The minimum atomic E-state index is 0.672. The predicted octanol–water partition coefficient (Wildman–Crippen LogP) is 2.60. The zero-order valence-corrected chi connectivity index (χ0v) is 14.1. The number of piperidine rings is 1. The highest BCUT2D eigenvalue weighted by molar-refractivity contribution is 5.42. The van der Waals surface area contributed by atoms with Crippen LogP contribution in [0.25, 0.3) is 0 Å². The van der Waals surface area contributed by atoms with Crippen molar-refractivity contribution in [3.05, 3.63) is 54.9 Å². The molecule has 6 heteroatoms. The van der Waals surface area contributed by atoms with Crippen LogP contribution in [0.1, 0.15) is 12.8 Å². The fraction of sp³-hybridized carbons (Fsp3) is 0.368. The van der Waals surface area contributed by atoms with Gasteiger partial charge in [-0.15, -0.1) is 0 Å². The summed E-state index contributed by atoms with van der Waals surface area (Å²) >= 11 is 0. The van der Waals surface area contributed by atoms with E-state index in [2.05, 4.69) is 20.2 Å². The van der Waals surface area contributed by atoms with Gasteiger partial charge in [-0.3, -0.25) is 4.98 Å². The van der Waals surface area contributed by atoms with Crippen LogP contribution < -0.4 is 19.7 Å². The summed E-state index contributed by atoms with van der Waals surface area (Å²) in [6.45, 7) is 3.72. The lowest BCUT2D eigenvalue weighted by atomic mass is 9.97. The third kappa shape index (κ3) is 3.91. The van der Waals surface area contributed by atoms with Gasteiger partial charge in [-0.25, -0.2) is 4.98 Å². The quantitative estimate of drug-likeness (QED) is 0.904. The summed E-state index contributed by atoms with van der Waals surface area (Å²) in [5.74, 6) is 4.01. The van der Waals surface area contributed by atoms with E-state index in [0.29, 0.717) is 12.5 Å². The first kappa shape index (κ1) is 15.9. The van der Waals surface area contributed by atoms with E-state index >= 15 is 0 Å². The Labute approximate surface area is 147 Å². The molecule has 0 spiro atoms. The standard InChI is InChI=1S/C19H22N4O2/c1-2-4-18-17(3-1)24-14-16(25-18)12-21-11-15-5-9-23(10-6-15)19-13-20-7-8-22-19/h1-4,7-8,13-15,21H,5-6,9-12H2. The number of aromatic nitrogens is 2. The molecule has 4 rings (SSSR count). The van der Waals surface area contributed by atoms with Crippen LogP contribution in [0.5, 0.6) is 11.5 Å². The van der Waals surface area contributed by atoms with Crippen LogP contribution in [0.4, 0.5) is 5.82 Å². The summed E-state index contributed by atoms with van der Waals surface area (Å²) in [6, 6.07) is 7.71. The van der Waals surface area contributed by atoms with Gasteiger partial charge in [0, 0.05) is 25.5 Å². The van der Waals surface area contributed by atoms with E-state index in [9.17, 15) is 0 Å². The number of hydrogen-bond acceptors (Lipinski definition) is 6. The van der Waals surface area contributed by atoms with Crippen LogP contribution in [0, 0.1) is 5.92 Å². The number of nitrogens with zero attached hydrogens (tertiary/aromatic N) is 3. The van der Waals surface area contributed by atoms with E-state index in [1.54, 1.807) is 18.7 Å². The molecule has 130 valence electrons. The molecule has 0 bridgehead atoms. The maximum atomic E-state index is 5.85. The molecule has 25 heavy (non-hydrogen) atoms. The molecule has 0 unspecified atom stereocenters. The fourth-order valence-electron chi connectivity index (χ4n) is 3.22. The maximum absolute atomic E-state index is 5.85. The van der Waals surface area contributed by atoms with Crippen molar-refractivity contribution in [1.82, 2.24) is 15.3 Å². The Morgan fingerprint density at radius 3 is 2.76 bits per heavy atom. The number of para-hydroxylation sites is 2. The third-order valence-corrected chi connectivity index (χ3v) is 4.63. The Morgan fingerprint density at radius 2 is 1.96 bits per heavy atom. The Balaban J connectivity index is 1.20. The summed E-state index contributed by atoms with van der Waals surface area (Å²) in [7, 11) is 0. The van der Waals surface area contributed by atoms with E-state index in [4.69, 9.17) is 9.47 Å². The van der Waals surface area contributed by atoms with Crippen molar-refractivity contribution in [3.8, 4) is 11.5 Å². The number of rotatable bonds is 5. The van der Waals surface area contributed by atoms with Gasteiger partial charge in [-0.2, -0.15) is 0 Å². The first-order chi connectivity index (χ1) is 12.4. The molecule has 0 aliphatic carbocycles. The lowest BCUT2D eigenvalue weighted by Crippen LogP contribution is -2.38. The molecule has 2 aliphatic heterocycles. The molecule has 0 atom stereocenters. The highest BCUT2D eigenvalue weighted by Gasteiger charge is 2.20. The van der Waals surface area contributed by atoms with Gasteiger partial charge >= 0.3 is 0 Å². The second-order valence-corrected chi connectivity index (χ2v) is 6.38. The van der Waals surface area contributed by atoms with E-state index in [-0.39, 0.29) is 0 Å². The Kier molecular flexibility index (Phi) is 4.79. The number of benzene rings is 1. The van der Waals surface area contributed by atoms with Crippen LogP contribution >= 0.6 is 0 Å². The topological polar surface area (TPSA) is 59.5 Å². The first-order valence-electron chi connectivity index (χ1n) is 8.73. The van der Waals surface area contributed by atoms with Crippen LogP contribution in [0.15, 0.2) is 54.9 Å². The lowest BCUT2D eigenvalue weighted by Gasteiger charge is -2.32. The fourth-order valence-corrected chi connectivity index (χ4v) is 3.22. The van der Waals surface area contributed by atoms with E-state index < -0.39 is 0 Å². The maximum Gasteiger partial charge on any atom is 0.169 e. The minimum Gasteiger partial charge on any atom is -0.457 e. The van der Waals surface area contributed by atoms with Crippen molar-refractivity contribution in [2.45, 2.75) is 12.8 Å². The molecule has 3 heterocycles. The summed E-state index contributed by atoms with van der Waals surface area (Å²) in [6.07, 6.45) is 9.30. The van der Waals surface area contributed by atoms with Crippen molar-refractivity contribution in [2.75, 3.05) is 31.1 Å². The van der Waals surface area contributed by atoms with Gasteiger partial charge in [-0.1, -0.05) is 12.1 Å². The van der Waals surface area contributed by atoms with Gasteiger partial charge in [0.1, 0.15) is 12.1 Å². The highest BCUT2D eigenvalue weighted by atomic mass is 16.6. The Bertz CT molecular complexity index is 727. The first-order valence-corrected chi connectivity index (χ1v) is 8.73. The van der Waals surface area contributed by atoms with Gasteiger partial charge in [0.25, 0.3) is 0 Å². The second-order valence-electron chi connectivity index (χ2n) is 6.38. The molecule has 1 aromatic carbocycles. The van der Waals surface area contributed by atoms with Gasteiger partial charge in [-0.05, 0) is 37.4 Å². The van der Waals surface area contributed by atoms with E-state index in [1.807, 2.05) is 30.5 Å². The molecule has 6 nitrogen and oxygen atoms in total. The van der Waals surface area contributed by atoms with Gasteiger partial charge in [0.15, 0.2) is 17.3 Å². The van der Waals surface area contributed by atoms with Crippen LogP contribution in [-0.4, -0.2) is 36.1 Å². The molecular weight excluding hydrogens is 316 g/mol. The molecule has 1 fully saturated rings. The smallest absolute Gasteiger partial charge is 0.169 e. The molecule has 2 aliphatic rings. The zero-order chi connectivity index (χ0) is 16.9. The minimum absolute atomic E-state index is 0.672. The number of ether oxygens (including phenoxy) is 2. The summed E-state index contributed by atoms with van der Waals surface area (Å²) in [5, 5.41) is 3.49. The van der Waals surface area contributed by atoms with Crippen molar-refractivity contribution in [3.63, 3.8) is 0 Å². The molecule has 1 aromatic heterocycles. The van der Waals surface area contributed by atoms with Crippen molar-refractivity contribution in [2.24, 2.45) is 5.92 Å². The van der Waals surface area contributed by atoms with Gasteiger partial charge < -0.3 is 19.7 Å². The average molecular weight is 338 g/mol. The molecule has 0 radical (unpaired) electrons. The van der Waals surface area contributed by atoms with Crippen LogP contribution in [0.3, 0.4) is 0 Å². The number of anilines is 1. The highest BCUT2D eigenvalue weighted by Crippen LogP contribution is 2.31. The summed E-state index contributed by atoms with van der Waals surface area (Å²) in [4.78, 5) is 10.8. The van der Waals surface area contributed by atoms with Crippen molar-refractivity contribution < 1.29 is 9.47 Å².